The lowest BCUT2D eigenvalue weighted by Crippen LogP contribution is -2.35. The molecule has 1 aromatic carbocycles. The van der Waals surface area contributed by atoms with Crippen molar-refractivity contribution in [3.05, 3.63) is 45.3 Å². The minimum Gasteiger partial charge on any atom is -0.380 e. The summed E-state index contributed by atoms with van der Waals surface area (Å²) in [4.78, 5) is 17.7. The van der Waals surface area contributed by atoms with Crippen molar-refractivity contribution < 1.29 is 4.74 Å². The number of hydrogen-bond donors (Lipinski definition) is 1. The first-order chi connectivity index (χ1) is 11.2. The molecule has 1 atom stereocenters. The van der Waals surface area contributed by atoms with E-state index >= 15 is 0 Å². The van der Waals surface area contributed by atoms with Crippen molar-refractivity contribution in [3.63, 3.8) is 0 Å². The molecule has 1 aliphatic heterocycles. The number of H-pyrrole nitrogens is 1. The number of nitrogens with zero attached hydrogens (tertiary/aromatic N) is 1. The molecule has 1 aliphatic rings. The van der Waals surface area contributed by atoms with Crippen molar-refractivity contribution in [1.82, 2.24) is 9.88 Å². The van der Waals surface area contributed by atoms with E-state index in [1.165, 1.54) is 12.8 Å². The van der Waals surface area contributed by atoms with Gasteiger partial charge in [0.1, 0.15) is 0 Å². The van der Waals surface area contributed by atoms with E-state index in [0.29, 0.717) is 16.5 Å². The number of benzene rings is 1. The molecular weight excluding hydrogens is 347 g/mol. The van der Waals surface area contributed by atoms with Gasteiger partial charge in [-0.15, -0.1) is 12.4 Å². The number of halogens is 2. The standard InChI is InChI=1S/C18H23ClN2O2.ClH/c1-2-23-12-14-5-4-9-21(14)10-8-13-11-16-15(18(22)20-13)6-3-7-17(16)19;/h3,6-7,11,14H,2,4-5,8-10,12H2,1H3,(H,20,22);1H. The van der Waals surface area contributed by atoms with Crippen LogP contribution in [0.25, 0.3) is 10.8 Å². The Bertz CT molecular complexity index is 733. The smallest absolute Gasteiger partial charge is 0.256 e. The Balaban J connectivity index is 0.00000208. The van der Waals surface area contributed by atoms with Crippen LogP contribution in [0.4, 0.5) is 0 Å². The molecule has 0 saturated carbocycles. The van der Waals surface area contributed by atoms with Gasteiger partial charge in [-0.1, -0.05) is 17.7 Å². The fraction of sp³-hybridized carbons (Fsp3) is 0.500. The number of fused-ring (bicyclic) bond motifs is 1. The average molecular weight is 371 g/mol. The fourth-order valence-electron chi connectivity index (χ4n) is 3.34. The van der Waals surface area contributed by atoms with Crippen LogP contribution in [-0.4, -0.2) is 42.2 Å². The van der Waals surface area contributed by atoms with Crippen molar-refractivity contribution in [2.24, 2.45) is 0 Å². The highest BCUT2D eigenvalue weighted by molar-refractivity contribution is 6.35. The van der Waals surface area contributed by atoms with Crippen molar-refractivity contribution >= 4 is 34.8 Å². The fourth-order valence-corrected chi connectivity index (χ4v) is 3.57. The van der Waals surface area contributed by atoms with Crippen molar-refractivity contribution in [1.29, 1.82) is 0 Å². The molecule has 2 aromatic rings. The first kappa shape index (κ1) is 19.3. The highest BCUT2D eigenvalue weighted by Crippen LogP contribution is 2.22. The van der Waals surface area contributed by atoms with Crippen LogP contribution in [0.15, 0.2) is 29.1 Å². The van der Waals surface area contributed by atoms with Crippen LogP contribution in [0.2, 0.25) is 5.02 Å². The van der Waals surface area contributed by atoms with Gasteiger partial charge in [-0.05, 0) is 44.5 Å². The van der Waals surface area contributed by atoms with Crippen LogP contribution < -0.4 is 5.56 Å². The van der Waals surface area contributed by atoms with Gasteiger partial charge in [-0.25, -0.2) is 0 Å². The van der Waals surface area contributed by atoms with Gasteiger partial charge in [0.05, 0.1) is 6.61 Å². The Morgan fingerprint density at radius 3 is 3.00 bits per heavy atom. The molecule has 132 valence electrons. The van der Waals surface area contributed by atoms with Gasteiger partial charge in [-0.2, -0.15) is 0 Å². The minimum atomic E-state index is -0.0627. The second kappa shape index (κ2) is 8.86. The van der Waals surface area contributed by atoms with Gasteiger partial charge in [0.2, 0.25) is 0 Å². The first-order valence-electron chi connectivity index (χ1n) is 8.31. The number of rotatable bonds is 6. The monoisotopic (exact) mass is 370 g/mol. The molecule has 1 saturated heterocycles. The van der Waals surface area contributed by atoms with Crippen LogP contribution in [0.5, 0.6) is 0 Å². The number of aromatic amines is 1. The molecule has 0 bridgehead atoms. The Morgan fingerprint density at radius 2 is 2.21 bits per heavy atom. The van der Waals surface area contributed by atoms with Crippen molar-refractivity contribution in [2.45, 2.75) is 32.2 Å². The minimum absolute atomic E-state index is 0. The Hall–Kier alpha value is -1.07. The van der Waals surface area contributed by atoms with Crippen molar-refractivity contribution in [2.75, 3.05) is 26.3 Å². The zero-order valence-corrected chi connectivity index (χ0v) is 15.5. The third-order valence-corrected chi connectivity index (χ3v) is 4.90. The molecular formula is C18H24Cl2N2O2. The number of nitrogens with one attached hydrogen (secondary N) is 1. The Labute approximate surface area is 153 Å². The molecule has 2 heterocycles. The van der Waals surface area contributed by atoms with Crippen LogP contribution >= 0.6 is 24.0 Å². The molecule has 3 rings (SSSR count). The third kappa shape index (κ3) is 4.31. The SMILES string of the molecule is CCOCC1CCCN1CCc1cc2c(Cl)cccc2c(=O)[nH]1.Cl. The summed E-state index contributed by atoms with van der Waals surface area (Å²) >= 11 is 6.23. The lowest BCUT2D eigenvalue weighted by Gasteiger charge is -2.24. The van der Waals surface area contributed by atoms with E-state index in [0.717, 1.165) is 43.8 Å². The molecule has 0 spiro atoms. The normalized spacial score (nSPS) is 18.0. The summed E-state index contributed by atoms with van der Waals surface area (Å²) < 4.78 is 5.58. The van der Waals surface area contributed by atoms with Crippen LogP contribution in [0.1, 0.15) is 25.5 Å². The third-order valence-electron chi connectivity index (χ3n) is 4.57. The Kier molecular flexibility index (Phi) is 7.11. The molecule has 6 heteroatoms. The second-order valence-electron chi connectivity index (χ2n) is 6.07. The summed E-state index contributed by atoms with van der Waals surface area (Å²) in [5.74, 6) is 0. The van der Waals surface area contributed by atoms with Gasteiger partial charge in [0, 0.05) is 47.1 Å². The maximum atomic E-state index is 12.2. The average Bonchev–Trinajstić information content (AvgIpc) is 2.99. The quantitative estimate of drug-likeness (QED) is 0.843. The van der Waals surface area contributed by atoms with Crippen molar-refractivity contribution in [3.8, 4) is 0 Å². The van der Waals surface area contributed by atoms with E-state index < -0.39 is 0 Å². The Morgan fingerprint density at radius 1 is 1.38 bits per heavy atom. The van der Waals surface area contributed by atoms with Crippen LogP contribution in [0.3, 0.4) is 0 Å². The number of ether oxygens (including phenoxy) is 1. The largest absolute Gasteiger partial charge is 0.380 e. The van der Waals surface area contributed by atoms with Gasteiger partial charge in [-0.3, -0.25) is 9.69 Å². The summed E-state index contributed by atoms with van der Waals surface area (Å²) in [5, 5.41) is 2.11. The predicted molar refractivity (Wildman–Crippen MR) is 102 cm³/mol. The van der Waals surface area contributed by atoms with E-state index in [1.807, 2.05) is 31.2 Å². The summed E-state index contributed by atoms with van der Waals surface area (Å²) in [6, 6.07) is 7.95. The molecule has 1 fully saturated rings. The van der Waals surface area contributed by atoms with Crippen LogP contribution in [0, 0.1) is 0 Å². The highest BCUT2D eigenvalue weighted by Gasteiger charge is 2.24. The van der Waals surface area contributed by atoms with Crippen LogP contribution in [-0.2, 0) is 11.2 Å². The van der Waals surface area contributed by atoms with Gasteiger partial charge in [0.25, 0.3) is 5.56 Å². The predicted octanol–water partition coefficient (Wildman–Crippen LogP) is 3.65. The topological polar surface area (TPSA) is 45.3 Å². The lowest BCUT2D eigenvalue weighted by molar-refractivity contribution is 0.0856. The zero-order chi connectivity index (χ0) is 16.2. The first-order valence-corrected chi connectivity index (χ1v) is 8.69. The van der Waals surface area contributed by atoms with Gasteiger partial charge < -0.3 is 9.72 Å². The molecule has 1 N–H and O–H groups in total. The molecule has 0 radical (unpaired) electrons. The highest BCUT2D eigenvalue weighted by atomic mass is 35.5. The summed E-state index contributed by atoms with van der Waals surface area (Å²) in [6.45, 7) is 5.64. The number of aromatic nitrogens is 1. The van der Waals surface area contributed by atoms with E-state index in [2.05, 4.69) is 9.88 Å². The molecule has 4 nitrogen and oxygen atoms in total. The van der Waals surface area contributed by atoms with Gasteiger partial charge in [0.15, 0.2) is 0 Å². The number of hydrogen-bond acceptors (Lipinski definition) is 3. The summed E-state index contributed by atoms with van der Waals surface area (Å²) in [6.07, 6.45) is 3.23. The van der Waals surface area contributed by atoms with Gasteiger partial charge >= 0.3 is 0 Å². The maximum absolute atomic E-state index is 12.2. The molecule has 0 amide bonds. The summed E-state index contributed by atoms with van der Waals surface area (Å²) in [5.41, 5.74) is 0.880. The molecule has 0 aliphatic carbocycles. The lowest BCUT2D eigenvalue weighted by atomic mass is 10.1. The number of pyridine rings is 1. The zero-order valence-electron chi connectivity index (χ0n) is 13.9. The van der Waals surface area contributed by atoms with E-state index in [1.54, 1.807) is 0 Å². The number of likely N-dealkylation sites (tertiary alicyclic amines) is 1. The second-order valence-corrected chi connectivity index (χ2v) is 6.47. The van der Waals surface area contributed by atoms with E-state index in [-0.39, 0.29) is 18.0 Å². The van der Waals surface area contributed by atoms with E-state index in [4.69, 9.17) is 16.3 Å². The molecule has 1 unspecified atom stereocenters. The molecule has 24 heavy (non-hydrogen) atoms. The summed E-state index contributed by atoms with van der Waals surface area (Å²) in [7, 11) is 0. The van der Waals surface area contributed by atoms with E-state index in [9.17, 15) is 4.79 Å². The molecule has 1 aromatic heterocycles. The maximum Gasteiger partial charge on any atom is 0.256 e.